The monoisotopic (exact) mass is 404 g/mol. The van der Waals surface area contributed by atoms with Crippen LogP contribution in [0.1, 0.15) is 44.2 Å². The third-order valence-electron chi connectivity index (χ3n) is 6.22. The van der Waals surface area contributed by atoms with Crippen LogP contribution in [-0.2, 0) is 21.4 Å². The Hall–Kier alpha value is -2.88. The van der Waals surface area contributed by atoms with E-state index in [2.05, 4.69) is 17.4 Å². The normalized spacial score (nSPS) is 16.2. The van der Waals surface area contributed by atoms with Gasteiger partial charge in [-0.1, -0.05) is 72.3 Å². The minimum atomic E-state index is -0.578. The van der Waals surface area contributed by atoms with E-state index in [0.29, 0.717) is 38.9 Å². The second-order valence-corrected chi connectivity index (χ2v) is 8.13. The Bertz CT molecular complexity index is 866. The van der Waals surface area contributed by atoms with Crippen LogP contribution in [-0.4, -0.2) is 36.3 Å². The number of carbonyl (C=O) groups excluding carboxylic acids is 2. The van der Waals surface area contributed by atoms with Gasteiger partial charge in [0.1, 0.15) is 0 Å². The van der Waals surface area contributed by atoms with Gasteiger partial charge in [0.05, 0.1) is 5.41 Å². The highest BCUT2D eigenvalue weighted by molar-refractivity contribution is 5.89. The number of rotatable bonds is 7. The van der Waals surface area contributed by atoms with Crippen molar-refractivity contribution in [3.8, 4) is 0 Å². The minimum Gasteiger partial charge on any atom is -0.352 e. The predicted molar refractivity (Wildman–Crippen MR) is 121 cm³/mol. The summed E-state index contributed by atoms with van der Waals surface area (Å²) in [7, 11) is 0. The highest BCUT2D eigenvalue weighted by atomic mass is 16.2. The molecule has 30 heavy (non-hydrogen) atoms. The smallest absolute Gasteiger partial charge is 0.231 e. The summed E-state index contributed by atoms with van der Waals surface area (Å²) in [5.74, 6) is 0.233. The van der Waals surface area contributed by atoms with Gasteiger partial charge in [-0.2, -0.15) is 0 Å². The maximum absolute atomic E-state index is 13.3. The average molecular weight is 405 g/mol. The third-order valence-corrected chi connectivity index (χ3v) is 6.22. The molecule has 158 valence electrons. The van der Waals surface area contributed by atoms with E-state index in [0.717, 1.165) is 17.6 Å². The fourth-order valence-corrected chi connectivity index (χ4v) is 4.09. The van der Waals surface area contributed by atoms with Crippen molar-refractivity contribution in [1.82, 2.24) is 10.2 Å². The number of aryl methyl sites for hydroxylation is 1. The number of nitrogens with one attached hydrogen (secondary N) is 1. The molecule has 4 heteroatoms. The first-order valence-corrected chi connectivity index (χ1v) is 10.8. The quantitative estimate of drug-likeness (QED) is 0.701. The van der Waals surface area contributed by atoms with Gasteiger partial charge in [0.15, 0.2) is 0 Å². The summed E-state index contributed by atoms with van der Waals surface area (Å²) < 4.78 is 0. The molecule has 2 amide bonds. The molecular formula is C26H32N2O2. The zero-order chi connectivity index (χ0) is 21.4. The van der Waals surface area contributed by atoms with Gasteiger partial charge in [0.25, 0.3) is 0 Å². The lowest BCUT2D eigenvalue weighted by molar-refractivity contribution is -0.136. The Labute approximate surface area is 180 Å². The molecular weight excluding hydrogens is 372 g/mol. The van der Waals surface area contributed by atoms with Gasteiger partial charge in [0, 0.05) is 26.1 Å². The van der Waals surface area contributed by atoms with Crippen molar-refractivity contribution in [2.45, 2.75) is 44.9 Å². The first kappa shape index (κ1) is 21.8. The predicted octanol–water partition coefficient (Wildman–Crippen LogP) is 4.26. The number of hydrogen-bond donors (Lipinski definition) is 1. The van der Waals surface area contributed by atoms with Crippen molar-refractivity contribution in [1.29, 1.82) is 0 Å². The molecule has 2 aromatic carbocycles. The van der Waals surface area contributed by atoms with Crippen LogP contribution in [0.3, 0.4) is 0 Å². The second-order valence-electron chi connectivity index (χ2n) is 8.13. The van der Waals surface area contributed by atoms with Crippen molar-refractivity contribution in [3.05, 3.63) is 83.4 Å². The molecule has 2 aromatic rings. The number of benzene rings is 2. The highest BCUT2D eigenvalue weighted by Gasteiger charge is 2.43. The van der Waals surface area contributed by atoms with E-state index in [1.807, 2.05) is 73.4 Å². The third kappa shape index (κ3) is 5.18. The number of hydrogen-bond acceptors (Lipinski definition) is 2. The second kappa shape index (κ2) is 10.2. The molecule has 0 atom stereocenters. The summed E-state index contributed by atoms with van der Waals surface area (Å²) in [5, 5.41) is 3.12. The highest BCUT2D eigenvalue weighted by Crippen LogP contribution is 2.36. The SMILES string of the molecule is C/C=C(\C)CNC(=O)C1(c2ccccc2)CCN(C(=O)CCc2ccccc2)CC1. The molecule has 0 saturated carbocycles. The van der Waals surface area contributed by atoms with E-state index in [1.165, 1.54) is 5.56 Å². The Morgan fingerprint density at radius 1 is 1.00 bits per heavy atom. The average Bonchev–Trinajstić information content (AvgIpc) is 2.82. The van der Waals surface area contributed by atoms with Gasteiger partial charge >= 0.3 is 0 Å². The zero-order valence-corrected chi connectivity index (χ0v) is 18.1. The molecule has 0 bridgehead atoms. The van der Waals surface area contributed by atoms with Gasteiger partial charge in [-0.3, -0.25) is 9.59 Å². The molecule has 4 nitrogen and oxygen atoms in total. The van der Waals surface area contributed by atoms with E-state index < -0.39 is 5.41 Å². The summed E-state index contributed by atoms with van der Waals surface area (Å²) in [6.45, 7) is 5.78. The number of allylic oxidation sites excluding steroid dienone is 1. The number of nitrogens with zero attached hydrogens (tertiary/aromatic N) is 1. The lowest BCUT2D eigenvalue weighted by atomic mass is 9.72. The summed E-state index contributed by atoms with van der Waals surface area (Å²) in [6.07, 6.45) is 4.57. The number of piperidine rings is 1. The molecule has 0 aromatic heterocycles. The molecule has 1 aliphatic heterocycles. The maximum atomic E-state index is 13.3. The fraction of sp³-hybridized carbons (Fsp3) is 0.385. The van der Waals surface area contributed by atoms with E-state index >= 15 is 0 Å². The Morgan fingerprint density at radius 2 is 1.60 bits per heavy atom. The van der Waals surface area contributed by atoms with Crippen molar-refractivity contribution in [2.75, 3.05) is 19.6 Å². The number of likely N-dealkylation sites (tertiary alicyclic amines) is 1. The standard InChI is InChI=1S/C26H32N2O2/c1-3-21(2)20-27-25(30)26(23-12-8-5-9-13-23)16-18-28(19-17-26)24(29)15-14-22-10-6-4-7-11-22/h3-13H,14-20H2,1-2H3,(H,27,30)/b21-3+. The molecule has 1 aliphatic rings. The molecule has 1 N–H and O–H groups in total. The van der Waals surface area contributed by atoms with Crippen LogP contribution in [0.4, 0.5) is 0 Å². The van der Waals surface area contributed by atoms with Crippen LogP contribution in [0.15, 0.2) is 72.3 Å². The zero-order valence-electron chi connectivity index (χ0n) is 18.1. The minimum absolute atomic E-state index is 0.0614. The van der Waals surface area contributed by atoms with Crippen molar-refractivity contribution in [3.63, 3.8) is 0 Å². The van der Waals surface area contributed by atoms with Crippen molar-refractivity contribution >= 4 is 11.8 Å². The molecule has 0 unspecified atom stereocenters. The van der Waals surface area contributed by atoms with E-state index in [1.54, 1.807) is 0 Å². The summed E-state index contributed by atoms with van der Waals surface area (Å²) in [4.78, 5) is 28.0. The lowest BCUT2D eigenvalue weighted by Gasteiger charge is -2.41. The van der Waals surface area contributed by atoms with Gasteiger partial charge in [-0.15, -0.1) is 0 Å². The Kier molecular flexibility index (Phi) is 7.45. The largest absolute Gasteiger partial charge is 0.352 e. The molecule has 1 saturated heterocycles. The van der Waals surface area contributed by atoms with E-state index in [-0.39, 0.29) is 11.8 Å². The van der Waals surface area contributed by atoms with Gasteiger partial charge in [-0.05, 0) is 44.2 Å². The Morgan fingerprint density at radius 3 is 2.20 bits per heavy atom. The van der Waals surface area contributed by atoms with Gasteiger partial charge in [-0.25, -0.2) is 0 Å². The Balaban J connectivity index is 1.66. The summed E-state index contributed by atoms with van der Waals surface area (Å²) >= 11 is 0. The van der Waals surface area contributed by atoms with Crippen LogP contribution in [0.2, 0.25) is 0 Å². The first-order valence-electron chi connectivity index (χ1n) is 10.8. The lowest BCUT2D eigenvalue weighted by Crippen LogP contribution is -2.53. The molecule has 0 radical (unpaired) electrons. The van der Waals surface area contributed by atoms with Crippen LogP contribution < -0.4 is 5.32 Å². The first-order chi connectivity index (χ1) is 14.5. The molecule has 3 rings (SSSR count). The fourth-order valence-electron chi connectivity index (χ4n) is 4.09. The topological polar surface area (TPSA) is 49.4 Å². The van der Waals surface area contributed by atoms with Gasteiger partial charge < -0.3 is 10.2 Å². The van der Waals surface area contributed by atoms with Crippen LogP contribution >= 0.6 is 0 Å². The van der Waals surface area contributed by atoms with E-state index in [9.17, 15) is 9.59 Å². The summed E-state index contributed by atoms with van der Waals surface area (Å²) in [5.41, 5.74) is 2.78. The molecule has 0 aliphatic carbocycles. The summed E-state index contributed by atoms with van der Waals surface area (Å²) in [6, 6.07) is 20.1. The van der Waals surface area contributed by atoms with Gasteiger partial charge in [0.2, 0.25) is 11.8 Å². The molecule has 0 spiro atoms. The van der Waals surface area contributed by atoms with Crippen LogP contribution in [0.5, 0.6) is 0 Å². The maximum Gasteiger partial charge on any atom is 0.231 e. The van der Waals surface area contributed by atoms with Crippen LogP contribution in [0.25, 0.3) is 0 Å². The molecule has 1 heterocycles. The van der Waals surface area contributed by atoms with E-state index in [4.69, 9.17) is 0 Å². The number of carbonyl (C=O) groups is 2. The molecule has 1 fully saturated rings. The van der Waals surface area contributed by atoms with Crippen molar-refractivity contribution < 1.29 is 9.59 Å². The van der Waals surface area contributed by atoms with Crippen molar-refractivity contribution in [2.24, 2.45) is 0 Å². The number of amides is 2. The van der Waals surface area contributed by atoms with Crippen LogP contribution in [0, 0.1) is 0 Å².